The minimum atomic E-state index is 0.664. The van der Waals surface area contributed by atoms with Crippen molar-refractivity contribution in [3.8, 4) is 61.7 Å². The van der Waals surface area contributed by atoms with Gasteiger partial charge in [0.15, 0.2) is 0 Å². The zero-order valence-corrected chi connectivity index (χ0v) is 32.0. The molecule has 2 heteroatoms. The number of aromatic nitrogens is 1. The Hall–Kier alpha value is -7.99. The summed E-state index contributed by atoms with van der Waals surface area (Å²) in [7, 11) is 0. The topological polar surface area (TPSA) is 28.2 Å². The SMILES string of the molecule is N#Cc1ccc(-c2cc3c4cc5ccc(-c6ccc(-c7ccccc7)cc6)cc5cc4n4c5cc6cc(-c7ccc(-c8ccccc8)cc7)ccc6cc5c(c2)c34)cc1. The van der Waals surface area contributed by atoms with Gasteiger partial charge in [0.25, 0.3) is 0 Å². The second kappa shape index (κ2) is 13.0. The molecular weight excluding hydrogens is 713 g/mol. The van der Waals surface area contributed by atoms with Crippen LogP contribution < -0.4 is 0 Å². The summed E-state index contributed by atoms with van der Waals surface area (Å²) in [6.45, 7) is 0. The molecule has 0 bridgehead atoms. The molecule has 2 heterocycles. The van der Waals surface area contributed by atoms with Crippen molar-refractivity contribution in [3.63, 3.8) is 0 Å². The Morgan fingerprint density at radius 3 is 1.10 bits per heavy atom. The van der Waals surface area contributed by atoms with Gasteiger partial charge in [0.2, 0.25) is 0 Å². The van der Waals surface area contributed by atoms with Gasteiger partial charge >= 0.3 is 0 Å². The predicted molar refractivity (Wildman–Crippen MR) is 248 cm³/mol. The smallest absolute Gasteiger partial charge is 0.0991 e. The number of nitrogens with zero attached hydrogens (tertiary/aromatic N) is 2. The van der Waals surface area contributed by atoms with Crippen LogP contribution in [0.25, 0.3) is 115 Å². The van der Waals surface area contributed by atoms with Crippen molar-refractivity contribution >= 4 is 59.6 Å². The highest BCUT2D eigenvalue weighted by molar-refractivity contribution is 6.27. The summed E-state index contributed by atoms with van der Waals surface area (Å²) in [5.74, 6) is 0. The summed E-state index contributed by atoms with van der Waals surface area (Å²) in [5, 5.41) is 19.3. The fraction of sp³-hybridized carbons (Fsp3) is 0. The van der Waals surface area contributed by atoms with E-state index >= 15 is 0 Å². The van der Waals surface area contributed by atoms with Crippen LogP contribution in [-0.4, -0.2) is 4.40 Å². The molecule has 0 radical (unpaired) electrons. The number of hydrogen-bond donors (Lipinski definition) is 0. The van der Waals surface area contributed by atoms with Crippen LogP contribution in [0, 0.1) is 11.3 Å². The van der Waals surface area contributed by atoms with Gasteiger partial charge in [-0.25, -0.2) is 0 Å². The van der Waals surface area contributed by atoms with E-state index in [1.165, 1.54) is 104 Å². The highest BCUT2D eigenvalue weighted by atomic mass is 14.9. The summed E-state index contributed by atoms with van der Waals surface area (Å²) in [5.41, 5.74) is 16.2. The third-order valence-corrected chi connectivity index (χ3v) is 12.3. The molecular formula is C57H34N2. The summed E-state index contributed by atoms with van der Waals surface area (Å²) >= 11 is 0. The van der Waals surface area contributed by atoms with Crippen molar-refractivity contribution in [2.24, 2.45) is 0 Å². The molecule has 2 aromatic heterocycles. The quantitative estimate of drug-likeness (QED) is 0.172. The molecule has 2 nitrogen and oxygen atoms in total. The van der Waals surface area contributed by atoms with Gasteiger partial charge in [-0.05, 0) is 138 Å². The fourth-order valence-electron chi connectivity index (χ4n) is 9.26. The van der Waals surface area contributed by atoms with Crippen molar-refractivity contribution < 1.29 is 0 Å². The Kier molecular flexibility index (Phi) is 7.33. The Balaban J connectivity index is 1.05. The van der Waals surface area contributed by atoms with E-state index in [0.29, 0.717) is 5.56 Å². The van der Waals surface area contributed by atoms with Crippen LogP contribution in [0.3, 0.4) is 0 Å². The van der Waals surface area contributed by atoms with Gasteiger partial charge in [-0.15, -0.1) is 0 Å². The van der Waals surface area contributed by atoms with Crippen molar-refractivity contribution in [1.82, 2.24) is 4.40 Å². The molecule has 59 heavy (non-hydrogen) atoms. The first kappa shape index (κ1) is 33.2. The third-order valence-electron chi connectivity index (χ3n) is 12.3. The zero-order chi connectivity index (χ0) is 39.0. The van der Waals surface area contributed by atoms with Gasteiger partial charge in [0.05, 0.1) is 28.2 Å². The Morgan fingerprint density at radius 2 is 0.661 bits per heavy atom. The number of fused-ring (bicyclic) bond motifs is 8. The molecule has 0 atom stereocenters. The van der Waals surface area contributed by atoms with E-state index in [9.17, 15) is 5.26 Å². The molecule has 10 aromatic carbocycles. The van der Waals surface area contributed by atoms with E-state index in [0.717, 1.165) is 11.1 Å². The minimum Gasteiger partial charge on any atom is -0.308 e. The summed E-state index contributed by atoms with van der Waals surface area (Å²) in [6, 6.07) is 77.1. The van der Waals surface area contributed by atoms with Gasteiger partial charge in [-0.3, -0.25) is 0 Å². The van der Waals surface area contributed by atoms with Crippen LogP contribution in [0.15, 0.2) is 206 Å². The van der Waals surface area contributed by atoms with Crippen LogP contribution in [0.2, 0.25) is 0 Å². The first-order valence-corrected chi connectivity index (χ1v) is 20.1. The van der Waals surface area contributed by atoms with Crippen LogP contribution in [0.1, 0.15) is 5.56 Å². The van der Waals surface area contributed by atoms with Gasteiger partial charge in [-0.2, -0.15) is 5.26 Å². The standard InChI is InChI=1S/C57H34N2/c58-35-36-11-13-43(14-12-36)50-31-53-51-29-46-25-23-44(41-19-15-39(16-20-41)37-7-3-1-4-8-37)27-48(46)33-55(51)59-56-34-49-28-45(24-26-47(49)30-52(56)54(32-50)57(53)59)42-21-17-40(18-22-42)38-9-5-2-6-10-38/h1-34H. The second-order valence-corrected chi connectivity index (χ2v) is 15.7. The normalized spacial score (nSPS) is 11.7. The summed E-state index contributed by atoms with van der Waals surface area (Å²) < 4.78 is 2.50. The van der Waals surface area contributed by atoms with Crippen LogP contribution in [-0.2, 0) is 0 Å². The highest BCUT2D eigenvalue weighted by Crippen LogP contribution is 2.44. The van der Waals surface area contributed by atoms with Crippen LogP contribution in [0.4, 0.5) is 0 Å². The van der Waals surface area contributed by atoms with E-state index < -0.39 is 0 Å². The van der Waals surface area contributed by atoms with Crippen LogP contribution >= 0.6 is 0 Å². The molecule has 0 spiro atoms. The molecule has 0 saturated heterocycles. The van der Waals surface area contributed by atoms with E-state index in [2.05, 4.69) is 205 Å². The van der Waals surface area contributed by atoms with Crippen LogP contribution in [0.5, 0.6) is 0 Å². The number of nitriles is 1. The average Bonchev–Trinajstić information content (AvgIpc) is 3.80. The number of benzene rings is 10. The molecule has 0 N–H and O–H groups in total. The molecule has 0 aliphatic rings. The van der Waals surface area contributed by atoms with Gasteiger partial charge in [0, 0.05) is 21.5 Å². The summed E-state index contributed by atoms with van der Waals surface area (Å²) in [6.07, 6.45) is 0. The maximum Gasteiger partial charge on any atom is 0.0991 e. The summed E-state index contributed by atoms with van der Waals surface area (Å²) in [4.78, 5) is 0. The first-order chi connectivity index (χ1) is 29.1. The Bertz CT molecular complexity index is 3400. The largest absolute Gasteiger partial charge is 0.308 e. The maximum atomic E-state index is 9.52. The molecule has 0 fully saturated rings. The average molecular weight is 747 g/mol. The predicted octanol–water partition coefficient (Wildman–Crippen LogP) is 15.3. The number of rotatable bonds is 5. The second-order valence-electron chi connectivity index (χ2n) is 15.7. The lowest BCUT2D eigenvalue weighted by Crippen LogP contribution is -1.85. The van der Waals surface area contributed by atoms with E-state index in [-0.39, 0.29) is 0 Å². The minimum absolute atomic E-state index is 0.664. The van der Waals surface area contributed by atoms with Crippen molar-refractivity contribution in [1.29, 1.82) is 5.26 Å². The lowest BCUT2D eigenvalue weighted by atomic mass is 9.95. The van der Waals surface area contributed by atoms with E-state index in [1.807, 2.05) is 12.1 Å². The number of hydrogen-bond acceptors (Lipinski definition) is 1. The Labute approximate surface area is 341 Å². The van der Waals surface area contributed by atoms with Crippen molar-refractivity contribution in [3.05, 3.63) is 212 Å². The van der Waals surface area contributed by atoms with Gasteiger partial charge in [0.1, 0.15) is 0 Å². The maximum absolute atomic E-state index is 9.52. The molecule has 0 saturated carbocycles. The molecule has 0 aliphatic heterocycles. The Morgan fingerprint density at radius 1 is 0.288 bits per heavy atom. The zero-order valence-electron chi connectivity index (χ0n) is 32.0. The van der Waals surface area contributed by atoms with E-state index in [4.69, 9.17) is 0 Å². The fourth-order valence-corrected chi connectivity index (χ4v) is 9.26. The third kappa shape index (κ3) is 5.41. The highest BCUT2D eigenvalue weighted by Gasteiger charge is 2.21. The lowest BCUT2D eigenvalue weighted by molar-refractivity contribution is 1.38. The van der Waals surface area contributed by atoms with E-state index in [1.54, 1.807) is 0 Å². The van der Waals surface area contributed by atoms with Gasteiger partial charge < -0.3 is 4.40 Å². The molecule has 12 rings (SSSR count). The molecule has 272 valence electrons. The van der Waals surface area contributed by atoms with Gasteiger partial charge in [-0.1, -0.05) is 146 Å². The molecule has 0 amide bonds. The monoisotopic (exact) mass is 746 g/mol. The van der Waals surface area contributed by atoms with Crippen molar-refractivity contribution in [2.45, 2.75) is 0 Å². The molecule has 0 unspecified atom stereocenters. The van der Waals surface area contributed by atoms with Crippen molar-refractivity contribution in [2.75, 3.05) is 0 Å². The molecule has 0 aliphatic carbocycles. The molecule has 12 aromatic rings. The first-order valence-electron chi connectivity index (χ1n) is 20.1. The lowest BCUT2D eigenvalue weighted by Gasteiger charge is -2.09.